The van der Waals surface area contributed by atoms with Crippen molar-refractivity contribution in [2.75, 3.05) is 49.6 Å². The molecule has 1 saturated heterocycles. The molecule has 0 N–H and O–H groups in total. The van der Waals surface area contributed by atoms with E-state index in [-0.39, 0.29) is 5.82 Å². The number of nitrogens with zero attached hydrogens (tertiary/aromatic N) is 5. The third-order valence-corrected chi connectivity index (χ3v) is 6.91. The Morgan fingerprint density at radius 3 is 2.77 bits per heavy atom. The fraction of sp³-hybridized carbons (Fsp3) is 0.400. The molecule has 1 aliphatic carbocycles. The van der Waals surface area contributed by atoms with Crippen molar-refractivity contribution >= 4 is 28.1 Å². The van der Waals surface area contributed by atoms with Crippen LogP contribution in [0, 0.1) is 11.7 Å². The summed E-state index contributed by atoms with van der Waals surface area (Å²) in [6.07, 6.45) is 3.69. The molecule has 3 aliphatic rings. The Labute approximate surface area is 182 Å². The number of hydrogen-bond acceptors (Lipinski definition) is 4. The minimum Gasteiger partial charge on any atom is -0.355 e. The molecule has 0 unspecified atom stereocenters. The predicted octanol–water partition coefficient (Wildman–Crippen LogP) is 4.51. The van der Waals surface area contributed by atoms with Crippen LogP contribution in [0.25, 0.3) is 22.4 Å². The Bertz CT molecular complexity index is 1180. The van der Waals surface area contributed by atoms with Gasteiger partial charge in [0.1, 0.15) is 11.6 Å². The van der Waals surface area contributed by atoms with Crippen molar-refractivity contribution in [3.63, 3.8) is 0 Å². The van der Waals surface area contributed by atoms with Crippen LogP contribution in [-0.2, 0) is 0 Å². The molecule has 31 heavy (non-hydrogen) atoms. The van der Waals surface area contributed by atoms with Gasteiger partial charge in [0.15, 0.2) is 5.82 Å². The molecule has 2 aromatic heterocycles. The van der Waals surface area contributed by atoms with Gasteiger partial charge in [-0.05, 0) is 75.2 Å². The average Bonchev–Trinajstić information content (AvgIpc) is 3.54. The summed E-state index contributed by atoms with van der Waals surface area (Å²) in [5, 5.41) is 0.888. The summed E-state index contributed by atoms with van der Waals surface area (Å²) < 4.78 is 16.1. The smallest absolute Gasteiger partial charge is 0.164 e. The summed E-state index contributed by atoms with van der Waals surface area (Å²) in [6.45, 7) is 9.56. The van der Waals surface area contributed by atoms with Crippen LogP contribution in [0.5, 0.6) is 0 Å². The van der Waals surface area contributed by atoms with Crippen molar-refractivity contribution in [2.45, 2.75) is 19.3 Å². The molecule has 6 heteroatoms. The summed E-state index contributed by atoms with van der Waals surface area (Å²) >= 11 is 0. The molecule has 2 aliphatic heterocycles. The minimum atomic E-state index is -0.216. The Kier molecular flexibility index (Phi) is 4.32. The van der Waals surface area contributed by atoms with E-state index in [2.05, 4.69) is 51.1 Å². The number of likely N-dealkylation sites (N-methyl/N-ethyl adjacent to an activating group) is 1. The molecule has 5 nitrogen and oxygen atoms in total. The molecule has 4 heterocycles. The predicted molar refractivity (Wildman–Crippen MR) is 124 cm³/mol. The van der Waals surface area contributed by atoms with Gasteiger partial charge in [0.05, 0.1) is 22.6 Å². The SMILES string of the molecule is C=C1c2cc3cc(F)ccc3n2-c2nc(N3CCCN(C)CC3)ccc2N1CC1CC1. The van der Waals surface area contributed by atoms with E-state index in [1.54, 1.807) is 6.07 Å². The average molecular weight is 418 g/mol. The highest BCUT2D eigenvalue weighted by atomic mass is 19.1. The van der Waals surface area contributed by atoms with Crippen LogP contribution >= 0.6 is 0 Å². The molecule has 0 radical (unpaired) electrons. The Balaban J connectivity index is 1.50. The molecule has 0 atom stereocenters. The van der Waals surface area contributed by atoms with Crippen LogP contribution in [-0.4, -0.2) is 54.2 Å². The summed E-state index contributed by atoms with van der Waals surface area (Å²) in [6, 6.07) is 11.4. The highest BCUT2D eigenvalue weighted by Gasteiger charge is 2.33. The third-order valence-electron chi connectivity index (χ3n) is 6.91. The number of aromatic nitrogens is 2. The van der Waals surface area contributed by atoms with E-state index in [9.17, 15) is 4.39 Å². The zero-order valence-electron chi connectivity index (χ0n) is 18.0. The molecule has 3 aromatic rings. The number of halogens is 1. The van der Waals surface area contributed by atoms with Gasteiger partial charge in [0.2, 0.25) is 0 Å². The van der Waals surface area contributed by atoms with Crippen molar-refractivity contribution in [1.29, 1.82) is 0 Å². The molecule has 0 spiro atoms. The molecule has 1 saturated carbocycles. The lowest BCUT2D eigenvalue weighted by atomic mass is 10.1. The lowest BCUT2D eigenvalue weighted by Gasteiger charge is -2.35. The van der Waals surface area contributed by atoms with Crippen molar-refractivity contribution in [2.24, 2.45) is 5.92 Å². The second-order valence-electron chi connectivity index (χ2n) is 9.22. The summed E-state index contributed by atoms with van der Waals surface area (Å²) in [7, 11) is 2.18. The number of rotatable bonds is 3. The first kappa shape index (κ1) is 18.9. The first-order valence-electron chi connectivity index (χ1n) is 11.3. The number of fused-ring (bicyclic) bond motifs is 5. The molecule has 1 aromatic carbocycles. The second kappa shape index (κ2) is 7.09. The normalized spacial score (nSPS) is 19.5. The van der Waals surface area contributed by atoms with Crippen molar-refractivity contribution in [1.82, 2.24) is 14.5 Å². The van der Waals surface area contributed by atoms with Gasteiger partial charge in [0.25, 0.3) is 0 Å². The number of pyridine rings is 1. The number of anilines is 2. The van der Waals surface area contributed by atoms with Gasteiger partial charge in [0, 0.05) is 31.6 Å². The van der Waals surface area contributed by atoms with E-state index in [1.165, 1.54) is 18.9 Å². The summed E-state index contributed by atoms with van der Waals surface area (Å²) in [5.41, 5.74) is 4.06. The fourth-order valence-corrected chi connectivity index (χ4v) is 4.94. The van der Waals surface area contributed by atoms with Crippen LogP contribution in [0.2, 0.25) is 0 Å². The van der Waals surface area contributed by atoms with Crippen molar-refractivity contribution in [3.05, 3.63) is 54.5 Å². The maximum Gasteiger partial charge on any atom is 0.164 e. The Morgan fingerprint density at radius 1 is 1.06 bits per heavy atom. The fourth-order valence-electron chi connectivity index (χ4n) is 4.94. The van der Waals surface area contributed by atoms with Gasteiger partial charge in [-0.3, -0.25) is 4.57 Å². The van der Waals surface area contributed by atoms with Crippen molar-refractivity contribution < 1.29 is 4.39 Å². The van der Waals surface area contributed by atoms with Gasteiger partial charge in [-0.15, -0.1) is 0 Å². The first-order valence-corrected chi connectivity index (χ1v) is 11.3. The minimum absolute atomic E-state index is 0.216. The van der Waals surface area contributed by atoms with Gasteiger partial charge >= 0.3 is 0 Å². The Hall–Kier alpha value is -2.86. The monoisotopic (exact) mass is 417 g/mol. The maximum atomic E-state index is 14.0. The lowest BCUT2D eigenvalue weighted by Crippen LogP contribution is -2.32. The zero-order valence-corrected chi connectivity index (χ0v) is 18.0. The lowest BCUT2D eigenvalue weighted by molar-refractivity contribution is 0.360. The van der Waals surface area contributed by atoms with Gasteiger partial charge in [-0.25, -0.2) is 9.37 Å². The van der Waals surface area contributed by atoms with Crippen LogP contribution in [0.4, 0.5) is 15.9 Å². The summed E-state index contributed by atoms with van der Waals surface area (Å²) in [5.74, 6) is 2.45. The summed E-state index contributed by atoms with van der Waals surface area (Å²) in [4.78, 5) is 12.3. The quantitative estimate of drug-likeness (QED) is 0.627. The molecule has 160 valence electrons. The van der Waals surface area contributed by atoms with Crippen LogP contribution < -0.4 is 9.80 Å². The third kappa shape index (κ3) is 3.21. The van der Waals surface area contributed by atoms with E-state index in [0.29, 0.717) is 0 Å². The standard InChI is InChI=1S/C25H28FN5/c1-17-23-15-19-14-20(26)6-7-21(19)31(23)25-22(30(17)16-18-4-5-18)8-9-24(27-25)29-11-3-10-28(2)12-13-29/h6-9,14-15,18H,1,3-5,10-13,16H2,2H3. The zero-order chi connectivity index (χ0) is 21.1. The largest absolute Gasteiger partial charge is 0.355 e. The van der Waals surface area contributed by atoms with Crippen molar-refractivity contribution in [3.8, 4) is 5.82 Å². The molecule has 0 bridgehead atoms. The van der Waals surface area contributed by atoms with Crippen LogP contribution in [0.15, 0.2) is 43.0 Å². The van der Waals surface area contributed by atoms with E-state index in [4.69, 9.17) is 4.98 Å². The molecule has 0 amide bonds. The van der Waals surface area contributed by atoms with Gasteiger partial charge in [-0.2, -0.15) is 0 Å². The molecular formula is C25H28FN5. The molecular weight excluding hydrogens is 389 g/mol. The topological polar surface area (TPSA) is 27.5 Å². The van der Waals surface area contributed by atoms with E-state index in [1.807, 2.05) is 6.07 Å². The Morgan fingerprint density at radius 2 is 1.94 bits per heavy atom. The second-order valence-corrected chi connectivity index (χ2v) is 9.22. The molecule has 2 fully saturated rings. The van der Waals surface area contributed by atoms with E-state index < -0.39 is 0 Å². The first-order chi connectivity index (χ1) is 15.1. The molecule has 6 rings (SSSR count). The van der Waals surface area contributed by atoms with Gasteiger partial charge < -0.3 is 14.7 Å². The number of hydrogen-bond donors (Lipinski definition) is 0. The highest BCUT2D eigenvalue weighted by Crippen LogP contribution is 2.43. The van der Waals surface area contributed by atoms with E-state index >= 15 is 0 Å². The van der Waals surface area contributed by atoms with Gasteiger partial charge in [-0.1, -0.05) is 6.58 Å². The highest BCUT2D eigenvalue weighted by molar-refractivity contribution is 5.95. The van der Waals surface area contributed by atoms with Crippen LogP contribution in [0.1, 0.15) is 25.0 Å². The number of benzene rings is 1. The van der Waals surface area contributed by atoms with Crippen LogP contribution in [0.3, 0.4) is 0 Å². The van der Waals surface area contributed by atoms with E-state index in [0.717, 1.165) is 84.7 Å². The maximum absolute atomic E-state index is 14.0.